The number of benzene rings is 1. The Morgan fingerprint density at radius 1 is 1.24 bits per heavy atom. The van der Waals surface area contributed by atoms with Crippen molar-refractivity contribution in [3.05, 3.63) is 63.6 Å². The number of nitrogens with zero attached hydrogens (tertiary/aromatic N) is 1. The van der Waals surface area contributed by atoms with Gasteiger partial charge in [0.25, 0.3) is 5.91 Å². The normalized spacial score (nSPS) is 17.5. The summed E-state index contributed by atoms with van der Waals surface area (Å²) in [6, 6.07) is 10.6. The number of phenolic OH excluding ortho intramolecular Hbond substituents is 1. The molecule has 2 aromatic rings. The average molecular weight is 340 g/mol. The molecule has 0 bridgehead atoms. The first-order chi connectivity index (χ1) is 12.0. The van der Waals surface area contributed by atoms with Gasteiger partial charge in [-0.1, -0.05) is 12.1 Å². The van der Waals surface area contributed by atoms with Crippen LogP contribution in [0.15, 0.2) is 41.2 Å². The number of hydrogen-bond donors (Lipinski definition) is 2. The summed E-state index contributed by atoms with van der Waals surface area (Å²) in [5, 5.41) is 9.38. The molecule has 0 saturated carbocycles. The van der Waals surface area contributed by atoms with Crippen LogP contribution in [0.5, 0.6) is 5.75 Å². The number of aromatic nitrogens is 1. The fraction of sp³-hybridized carbons (Fsp3) is 0.400. The molecule has 1 amide bonds. The van der Waals surface area contributed by atoms with Crippen LogP contribution in [0.25, 0.3) is 0 Å². The molecule has 1 fully saturated rings. The van der Waals surface area contributed by atoms with Crippen molar-refractivity contribution >= 4 is 5.91 Å². The second-order valence-electron chi connectivity index (χ2n) is 6.77. The van der Waals surface area contributed by atoms with Crippen molar-refractivity contribution < 1.29 is 9.90 Å². The summed E-state index contributed by atoms with van der Waals surface area (Å²) < 4.78 is 0. The Bertz CT molecular complexity index is 795. The number of pyridine rings is 1. The number of carbonyl (C=O) groups is 1. The van der Waals surface area contributed by atoms with Crippen LogP contribution in [0, 0.1) is 6.92 Å². The maximum atomic E-state index is 12.9. The van der Waals surface area contributed by atoms with Gasteiger partial charge in [-0.15, -0.1) is 0 Å². The summed E-state index contributed by atoms with van der Waals surface area (Å²) in [7, 11) is 0. The summed E-state index contributed by atoms with van der Waals surface area (Å²) >= 11 is 0. The first kappa shape index (κ1) is 17.3. The molecule has 0 radical (unpaired) electrons. The Morgan fingerprint density at radius 3 is 2.72 bits per heavy atom. The van der Waals surface area contributed by atoms with Crippen molar-refractivity contribution in [3.63, 3.8) is 0 Å². The number of likely N-dealkylation sites (tertiary alicyclic amines) is 1. The lowest BCUT2D eigenvalue weighted by Crippen LogP contribution is -2.44. The molecule has 1 aromatic carbocycles. The molecule has 0 spiro atoms. The Hall–Kier alpha value is -2.56. The Labute approximate surface area is 147 Å². The van der Waals surface area contributed by atoms with Crippen LogP contribution >= 0.6 is 0 Å². The van der Waals surface area contributed by atoms with Crippen LogP contribution in [0.3, 0.4) is 0 Å². The zero-order valence-corrected chi connectivity index (χ0v) is 14.5. The van der Waals surface area contributed by atoms with Crippen LogP contribution in [-0.2, 0) is 6.42 Å². The lowest BCUT2D eigenvalue weighted by atomic mass is 9.95. The number of amides is 1. The number of aromatic hydroxyl groups is 1. The van der Waals surface area contributed by atoms with E-state index in [0.717, 1.165) is 44.2 Å². The van der Waals surface area contributed by atoms with Crippen LogP contribution < -0.4 is 5.56 Å². The molecule has 1 unspecified atom stereocenters. The molecular weight excluding hydrogens is 316 g/mol. The van der Waals surface area contributed by atoms with E-state index in [-0.39, 0.29) is 23.3 Å². The van der Waals surface area contributed by atoms with E-state index in [0.29, 0.717) is 11.3 Å². The van der Waals surface area contributed by atoms with Gasteiger partial charge in [0.15, 0.2) is 0 Å². The third kappa shape index (κ3) is 4.29. The molecule has 25 heavy (non-hydrogen) atoms. The molecule has 1 atom stereocenters. The highest BCUT2D eigenvalue weighted by atomic mass is 16.3. The summed E-state index contributed by atoms with van der Waals surface area (Å²) in [6.45, 7) is 2.53. The highest BCUT2D eigenvalue weighted by Gasteiger charge is 2.27. The van der Waals surface area contributed by atoms with E-state index in [1.807, 2.05) is 17.0 Å². The molecule has 2 N–H and O–H groups in total. The van der Waals surface area contributed by atoms with Gasteiger partial charge in [-0.2, -0.15) is 0 Å². The average Bonchev–Trinajstić information content (AvgIpc) is 2.60. The first-order valence-electron chi connectivity index (χ1n) is 8.83. The number of nitrogens with one attached hydrogen (secondary N) is 1. The topological polar surface area (TPSA) is 73.4 Å². The molecular formula is C20H24N2O3. The van der Waals surface area contributed by atoms with Gasteiger partial charge in [-0.3, -0.25) is 9.59 Å². The molecule has 0 aliphatic carbocycles. The first-order valence-corrected chi connectivity index (χ1v) is 8.83. The lowest BCUT2D eigenvalue weighted by molar-refractivity contribution is 0.0601. The summed E-state index contributed by atoms with van der Waals surface area (Å²) in [5.41, 5.74) is 2.09. The number of rotatable bonds is 4. The molecule has 1 aliphatic heterocycles. The monoisotopic (exact) mass is 340 g/mol. The quantitative estimate of drug-likeness (QED) is 0.898. The fourth-order valence-electron chi connectivity index (χ4n) is 3.54. The number of piperidine rings is 1. The van der Waals surface area contributed by atoms with E-state index >= 15 is 0 Å². The minimum Gasteiger partial charge on any atom is -0.508 e. The van der Waals surface area contributed by atoms with Crippen molar-refractivity contribution in [2.45, 2.75) is 45.1 Å². The van der Waals surface area contributed by atoms with Gasteiger partial charge in [0.05, 0.1) is 0 Å². The molecule has 3 rings (SSSR count). The number of carbonyl (C=O) groups excluding carboxylic acids is 1. The SMILES string of the molecule is Cc1cc(C(=O)N2CCCCC2CCc2ccc(O)cc2)cc(=O)[nH]1. The van der Waals surface area contributed by atoms with Gasteiger partial charge in [0, 0.05) is 29.9 Å². The summed E-state index contributed by atoms with van der Waals surface area (Å²) in [5.74, 6) is 0.215. The van der Waals surface area contributed by atoms with Crippen LogP contribution in [0.4, 0.5) is 0 Å². The van der Waals surface area contributed by atoms with E-state index in [1.54, 1.807) is 25.1 Å². The predicted octanol–water partition coefficient (Wildman–Crippen LogP) is 3.02. The van der Waals surface area contributed by atoms with Gasteiger partial charge < -0.3 is 15.0 Å². The van der Waals surface area contributed by atoms with E-state index in [9.17, 15) is 14.7 Å². The summed E-state index contributed by atoms with van der Waals surface area (Å²) in [6.07, 6.45) is 4.87. The number of hydrogen-bond acceptors (Lipinski definition) is 3. The van der Waals surface area contributed by atoms with E-state index in [4.69, 9.17) is 0 Å². The smallest absolute Gasteiger partial charge is 0.254 e. The van der Waals surface area contributed by atoms with Crippen molar-refractivity contribution in [1.29, 1.82) is 0 Å². The number of phenols is 1. The summed E-state index contributed by atoms with van der Waals surface area (Å²) in [4.78, 5) is 29.2. The van der Waals surface area contributed by atoms with Gasteiger partial charge in [-0.25, -0.2) is 0 Å². The Kier molecular flexibility index (Phi) is 5.22. The van der Waals surface area contributed by atoms with Crippen LogP contribution in [0.1, 0.15) is 47.3 Å². The van der Waals surface area contributed by atoms with Gasteiger partial charge in [-0.05, 0) is 62.8 Å². The predicted molar refractivity (Wildman–Crippen MR) is 96.9 cm³/mol. The highest BCUT2D eigenvalue weighted by molar-refractivity contribution is 5.94. The minimum atomic E-state index is -0.235. The Morgan fingerprint density at radius 2 is 2.00 bits per heavy atom. The third-order valence-corrected chi connectivity index (χ3v) is 4.82. The molecule has 1 saturated heterocycles. The maximum Gasteiger partial charge on any atom is 0.254 e. The van der Waals surface area contributed by atoms with E-state index in [2.05, 4.69) is 4.98 Å². The van der Waals surface area contributed by atoms with Crippen LogP contribution in [0.2, 0.25) is 0 Å². The van der Waals surface area contributed by atoms with Crippen molar-refractivity contribution in [2.24, 2.45) is 0 Å². The minimum absolute atomic E-state index is 0.0513. The lowest BCUT2D eigenvalue weighted by Gasteiger charge is -2.36. The number of aryl methyl sites for hydroxylation is 2. The number of aromatic amines is 1. The van der Waals surface area contributed by atoms with Crippen molar-refractivity contribution in [3.8, 4) is 5.75 Å². The van der Waals surface area contributed by atoms with Gasteiger partial charge in [0.2, 0.25) is 5.56 Å². The highest BCUT2D eigenvalue weighted by Crippen LogP contribution is 2.24. The van der Waals surface area contributed by atoms with Crippen molar-refractivity contribution in [1.82, 2.24) is 9.88 Å². The zero-order valence-electron chi connectivity index (χ0n) is 14.5. The van der Waals surface area contributed by atoms with Gasteiger partial charge >= 0.3 is 0 Å². The second kappa shape index (κ2) is 7.55. The van der Waals surface area contributed by atoms with Crippen LogP contribution in [-0.4, -0.2) is 33.5 Å². The fourth-order valence-corrected chi connectivity index (χ4v) is 3.54. The molecule has 5 heteroatoms. The molecule has 1 aliphatic rings. The largest absolute Gasteiger partial charge is 0.508 e. The third-order valence-electron chi connectivity index (χ3n) is 4.82. The second-order valence-corrected chi connectivity index (χ2v) is 6.77. The van der Waals surface area contributed by atoms with Crippen molar-refractivity contribution in [2.75, 3.05) is 6.54 Å². The number of H-pyrrole nitrogens is 1. The molecule has 5 nitrogen and oxygen atoms in total. The molecule has 2 heterocycles. The molecule has 1 aromatic heterocycles. The molecule has 132 valence electrons. The van der Waals surface area contributed by atoms with Gasteiger partial charge in [0.1, 0.15) is 5.75 Å². The van der Waals surface area contributed by atoms with E-state index in [1.165, 1.54) is 6.07 Å². The van der Waals surface area contributed by atoms with E-state index < -0.39 is 0 Å². The Balaban J connectivity index is 1.72. The maximum absolute atomic E-state index is 12.9. The zero-order chi connectivity index (χ0) is 17.8. The standard InChI is InChI=1S/C20H24N2O3/c1-14-12-16(13-19(24)21-14)20(25)22-11-3-2-4-17(22)8-5-15-6-9-18(23)10-7-15/h6-7,9-10,12-13,17,23H,2-5,8,11H2,1H3,(H,21,24).